The molecule has 0 amide bonds. The zero-order chi connectivity index (χ0) is 13.4. The Morgan fingerprint density at radius 1 is 0.947 bits per heavy atom. The van der Waals surface area contributed by atoms with E-state index in [1.165, 1.54) is 0 Å². The highest BCUT2D eigenvalue weighted by atomic mass is 35.5. The first-order chi connectivity index (χ1) is 9.13. The zero-order valence-electron chi connectivity index (χ0n) is 9.76. The Morgan fingerprint density at radius 2 is 1.63 bits per heavy atom. The maximum atomic E-state index is 11.2. The van der Waals surface area contributed by atoms with E-state index in [9.17, 15) is 9.90 Å². The second kappa shape index (κ2) is 4.44. The van der Waals surface area contributed by atoms with Gasteiger partial charge >= 0.3 is 5.63 Å². The van der Waals surface area contributed by atoms with Gasteiger partial charge in [-0.05, 0) is 35.4 Å². The number of fused-ring (bicyclic) bond motifs is 1. The molecule has 2 aromatic carbocycles. The topological polar surface area (TPSA) is 50.4 Å². The molecule has 0 bridgehead atoms. The number of benzene rings is 2. The fourth-order valence-corrected chi connectivity index (χ4v) is 2.09. The quantitative estimate of drug-likeness (QED) is 0.685. The van der Waals surface area contributed by atoms with E-state index >= 15 is 0 Å². The molecule has 4 heteroatoms. The number of halogens is 1. The number of aromatic hydroxyl groups is 1. The van der Waals surface area contributed by atoms with Gasteiger partial charge in [0.2, 0.25) is 0 Å². The van der Waals surface area contributed by atoms with Gasteiger partial charge in [-0.25, -0.2) is 4.79 Å². The summed E-state index contributed by atoms with van der Waals surface area (Å²) in [5.74, 6) is -0.0814. The van der Waals surface area contributed by atoms with E-state index in [2.05, 4.69) is 0 Å². The minimum Gasteiger partial charge on any atom is -0.507 e. The van der Waals surface area contributed by atoms with Crippen molar-refractivity contribution in [1.82, 2.24) is 0 Å². The van der Waals surface area contributed by atoms with Gasteiger partial charge in [0.1, 0.15) is 11.3 Å². The lowest BCUT2D eigenvalue weighted by molar-refractivity contribution is 0.468. The highest BCUT2D eigenvalue weighted by Crippen LogP contribution is 2.29. The van der Waals surface area contributed by atoms with Gasteiger partial charge < -0.3 is 9.52 Å². The van der Waals surface area contributed by atoms with Gasteiger partial charge in [-0.3, -0.25) is 0 Å². The first-order valence-corrected chi connectivity index (χ1v) is 6.04. The lowest BCUT2D eigenvalue weighted by Crippen LogP contribution is -1.95. The van der Waals surface area contributed by atoms with Crippen molar-refractivity contribution in [2.75, 3.05) is 0 Å². The van der Waals surface area contributed by atoms with Crippen LogP contribution in [0.2, 0.25) is 5.02 Å². The normalized spacial score (nSPS) is 10.8. The largest absolute Gasteiger partial charge is 0.507 e. The van der Waals surface area contributed by atoms with Crippen LogP contribution in [0.15, 0.2) is 57.7 Å². The molecule has 0 atom stereocenters. The maximum absolute atomic E-state index is 11.2. The third-order valence-electron chi connectivity index (χ3n) is 2.90. The van der Waals surface area contributed by atoms with Crippen LogP contribution in [0.25, 0.3) is 22.1 Å². The molecule has 1 heterocycles. The summed E-state index contributed by atoms with van der Waals surface area (Å²) < 4.78 is 5.02. The van der Waals surface area contributed by atoms with Gasteiger partial charge in [0.15, 0.2) is 0 Å². The predicted octanol–water partition coefficient (Wildman–Crippen LogP) is 3.82. The molecule has 0 spiro atoms. The van der Waals surface area contributed by atoms with Gasteiger partial charge in [0, 0.05) is 5.02 Å². The molecule has 0 unspecified atom stereocenters. The van der Waals surface area contributed by atoms with E-state index in [1.807, 2.05) is 18.2 Å². The van der Waals surface area contributed by atoms with E-state index in [4.69, 9.17) is 16.0 Å². The van der Waals surface area contributed by atoms with Crippen molar-refractivity contribution in [3.63, 3.8) is 0 Å². The minimum atomic E-state index is -0.566. The van der Waals surface area contributed by atoms with Crippen LogP contribution in [0.1, 0.15) is 0 Å². The highest BCUT2D eigenvalue weighted by Gasteiger charge is 2.06. The molecule has 0 radical (unpaired) electrons. The van der Waals surface area contributed by atoms with Crippen LogP contribution in [0.4, 0.5) is 0 Å². The van der Waals surface area contributed by atoms with Crippen LogP contribution in [0, 0.1) is 0 Å². The summed E-state index contributed by atoms with van der Waals surface area (Å²) in [6.07, 6.45) is 0. The molecule has 3 nitrogen and oxygen atoms in total. The summed E-state index contributed by atoms with van der Waals surface area (Å²) in [5, 5.41) is 11.0. The molecule has 3 aromatic rings. The molecule has 3 rings (SSSR count). The second-order valence-electron chi connectivity index (χ2n) is 4.17. The zero-order valence-corrected chi connectivity index (χ0v) is 10.5. The first kappa shape index (κ1) is 11.8. The van der Waals surface area contributed by atoms with Gasteiger partial charge in [-0.1, -0.05) is 29.8 Å². The van der Waals surface area contributed by atoms with Crippen molar-refractivity contribution in [2.45, 2.75) is 0 Å². The molecular weight excluding hydrogens is 264 g/mol. The van der Waals surface area contributed by atoms with Crippen molar-refractivity contribution < 1.29 is 9.52 Å². The van der Waals surface area contributed by atoms with Crippen molar-refractivity contribution >= 4 is 22.6 Å². The van der Waals surface area contributed by atoms with Crippen molar-refractivity contribution in [3.8, 4) is 16.9 Å². The van der Waals surface area contributed by atoms with Gasteiger partial charge in [-0.2, -0.15) is 0 Å². The van der Waals surface area contributed by atoms with Crippen molar-refractivity contribution in [3.05, 3.63) is 64.0 Å². The van der Waals surface area contributed by atoms with E-state index in [1.54, 1.807) is 24.3 Å². The number of hydrogen-bond acceptors (Lipinski definition) is 3. The van der Waals surface area contributed by atoms with Gasteiger partial charge in [0.05, 0.1) is 11.5 Å². The average Bonchev–Trinajstić information content (AvgIpc) is 2.39. The van der Waals surface area contributed by atoms with Crippen LogP contribution >= 0.6 is 11.6 Å². The molecular formula is C15H9ClO3. The third kappa shape index (κ3) is 2.20. The Labute approximate surface area is 113 Å². The van der Waals surface area contributed by atoms with Crippen LogP contribution in [-0.2, 0) is 0 Å². The Balaban J connectivity index is 2.21. The SMILES string of the molecule is O=c1cc(O)c2cc(-c3ccc(Cl)cc3)ccc2o1. The Bertz CT molecular complexity index is 804. The molecule has 0 aliphatic heterocycles. The summed E-state index contributed by atoms with van der Waals surface area (Å²) in [6, 6.07) is 13.7. The molecule has 94 valence electrons. The predicted molar refractivity (Wildman–Crippen MR) is 74.6 cm³/mol. The fourth-order valence-electron chi connectivity index (χ4n) is 1.97. The van der Waals surface area contributed by atoms with E-state index in [0.29, 0.717) is 16.0 Å². The van der Waals surface area contributed by atoms with Crippen molar-refractivity contribution in [1.29, 1.82) is 0 Å². The summed E-state index contributed by atoms with van der Waals surface area (Å²) in [7, 11) is 0. The lowest BCUT2D eigenvalue weighted by Gasteiger charge is -2.04. The Hall–Kier alpha value is -2.26. The summed E-state index contributed by atoms with van der Waals surface area (Å²) in [5.41, 5.74) is 1.68. The van der Waals surface area contributed by atoms with Crippen LogP contribution in [0.5, 0.6) is 5.75 Å². The summed E-state index contributed by atoms with van der Waals surface area (Å²) in [6.45, 7) is 0. The molecule has 0 fully saturated rings. The number of hydrogen-bond donors (Lipinski definition) is 1. The Kier molecular flexibility index (Phi) is 2.76. The van der Waals surface area contributed by atoms with E-state index in [0.717, 1.165) is 17.2 Å². The summed E-state index contributed by atoms with van der Waals surface area (Å²) >= 11 is 5.85. The number of rotatable bonds is 1. The molecule has 0 saturated carbocycles. The molecule has 0 aliphatic rings. The second-order valence-corrected chi connectivity index (χ2v) is 4.60. The third-order valence-corrected chi connectivity index (χ3v) is 3.15. The smallest absolute Gasteiger partial charge is 0.339 e. The minimum absolute atomic E-state index is 0.0814. The molecule has 0 aliphatic carbocycles. The van der Waals surface area contributed by atoms with Crippen LogP contribution in [0.3, 0.4) is 0 Å². The fraction of sp³-hybridized carbons (Fsp3) is 0. The van der Waals surface area contributed by atoms with Crippen LogP contribution in [-0.4, -0.2) is 5.11 Å². The van der Waals surface area contributed by atoms with E-state index in [-0.39, 0.29) is 5.75 Å². The van der Waals surface area contributed by atoms with Gasteiger partial charge in [-0.15, -0.1) is 0 Å². The Morgan fingerprint density at radius 3 is 2.37 bits per heavy atom. The average molecular weight is 273 g/mol. The highest BCUT2D eigenvalue weighted by molar-refractivity contribution is 6.30. The molecule has 19 heavy (non-hydrogen) atoms. The molecule has 1 N–H and O–H groups in total. The monoisotopic (exact) mass is 272 g/mol. The van der Waals surface area contributed by atoms with Crippen LogP contribution < -0.4 is 5.63 Å². The van der Waals surface area contributed by atoms with Gasteiger partial charge in [0.25, 0.3) is 0 Å². The lowest BCUT2D eigenvalue weighted by atomic mass is 10.0. The molecule has 1 aromatic heterocycles. The standard InChI is InChI=1S/C15H9ClO3/c16-11-4-1-9(2-5-11)10-3-6-14-12(7-10)13(17)8-15(18)19-14/h1-8,17H. The summed E-state index contributed by atoms with van der Waals surface area (Å²) in [4.78, 5) is 11.2. The van der Waals surface area contributed by atoms with E-state index < -0.39 is 5.63 Å². The molecule has 0 saturated heterocycles. The maximum Gasteiger partial charge on any atom is 0.339 e. The van der Waals surface area contributed by atoms with Crippen molar-refractivity contribution in [2.24, 2.45) is 0 Å². The first-order valence-electron chi connectivity index (χ1n) is 5.66.